The van der Waals surface area contributed by atoms with Crippen LogP contribution in [-0.4, -0.2) is 30.5 Å². The Morgan fingerprint density at radius 2 is 1.52 bits per heavy atom. The van der Waals surface area contributed by atoms with Gasteiger partial charge in [0.2, 0.25) is 11.6 Å². The molecule has 1 aromatic rings. The molecule has 0 saturated carbocycles. The molecule has 0 fully saturated rings. The van der Waals surface area contributed by atoms with Gasteiger partial charge in [0.25, 0.3) is 0 Å². The first-order chi connectivity index (χ1) is 10.5. The van der Waals surface area contributed by atoms with E-state index in [0.29, 0.717) is 12.0 Å². The molecule has 1 aromatic carbocycles. The predicted octanol–water partition coefficient (Wildman–Crippen LogP) is 2.75. The van der Waals surface area contributed by atoms with Gasteiger partial charge in [0, 0.05) is 6.04 Å². The van der Waals surface area contributed by atoms with Crippen molar-refractivity contribution in [1.82, 2.24) is 5.32 Å². The molecule has 1 aliphatic rings. The maximum absolute atomic E-state index is 12.7. The van der Waals surface area contributed by atoms with Gasteiger partial charge in [-0.2, -0.15) is 26.3 Å². The number of carbonyl (C=O) groups is 2. The monoisotopic (exact) mass is 339 g/mol. The van der Waals surface area contributed by atoms with Crippen molar-refractivity contribution < 1.29 is 35.9 Å². The van der Waals surface area contributed by atoms with Gasteiger partial charge in [0.05, 0.1) is 0 Å². The normalized spacial score (nSPS) is 18.7. The van der Waals surface area contributed by atoms with Gasteiger partial charge in [-0.05, 0) is 24.1 Å². The van der Waals surface area contributed by atoms with E-state index < -0.39 is 35.9 Å². The smallest absolute Gasteiger partial charge is 0.309 e. The lowest BCUT2D eigenvalue weighted by molar-refractivity contribution is -0.191. The Morgan fingerprint density at radius 1 is 1.00 bits per heavy atom. The van der Waals surface area contributed by atoms with E-state index in [-0.39, 0.29) is 12.1 Å². The number of nitrogens with one attached hydrogen (secondary N) is 1. The summed E-state index contributed by atoms with van der Waals surface area (Å²) in [4.78, 5) is 23.0. The van der Waals surface area contributed by atoms with Gasteiger partial charge in [0.15, 0.2) is 0 Å². The van der Waals surface area contributed by atoms with Crippen molar-refractivity contribution in [1.29, 1.82) is 0 Å². The van der Waals surface area contributed by atoms with E-state index in [4.69, 9.17) is 0 Å². The van der Waals surface area contributed by atoms with Gasteiger partial charge in [-0.1, -0.05) is 24.3 Å². The Bertz CT molecular complexity index is 596. The second-order valence-electron chi connectivity index (χ2n) is 5.08. The lowest BCUT2D eigenvalue weighted by Crippen LogP contribution is -2.49. The summed E-state index contributed by atoms with van der Waals surface area (Å²) < 4.78 is 76.1. The summed E-state index contributed by atoms with van der Waals surface area (Å²) in [5.41, 5.74) is 0.602. The number of fused-ring (bicyclic) bond motifs is 1. The second kappa shape index (κ2) is 5.95. The van der Waals surface area contributed by atoms with E-state index in [0.717, 1.165) is 0 Å². The summed E-state index contributed by atoms with van der Waals surface area (Å²) in [6.07, 6.45) is -10.7. The number of benzene rings is 1. The SMILES string of the molecule is O=C(C(C(=O)C(F)(F)F)[C@@H]1NCCc2ccccc21)C(F)(F)F. The highest BCUT2D eigenvalue weighted by Crippen LogP contribution is 2.37. The molecule has 0 amide bonds. The number of ketones is 2. The van der Waals surface area contributed by atoms with E-state index in [1.54, 1.807) is 6.07 Å². The Morgan fingerprint density at radius 3 is 2.04 bits per heavy atom. The zero-order valence-electron chi connectivity index (χ0n) is 11.5. The molecule has 0 unspecified atom stereocenters. The molecule has 0 spiro atoms. The van der Waals surface area contributed by atoms with Crippen molar-refractivity contribution in [2.24, 2.45) is 5.92 Å². The summed E-state index contributed by atoms with van der Waals surface area (Å²) in [6.45, 7) is 0.0639. The van der Waals surface area contributed by atoms with Gasteiger partial charge in [0.1, 0.15) is 5.92 Å². The molecule has 0 aliphatic carbocycles. The first-order valence-corrected chi connectivity index (χ1v) is 6.56. The maximum atomic E-state index is 12.7. The fourth-order valence-electron chi connectivity index (χ4n) is 2.61. The first kappa shape index (κ1) is 17.5. The number of halogens is 6. The predicted molar refractivity (Wildman–Crippen MR) is 66.5 cm³/mol. The minimum absolute atomic E-state index is 0.0639. The van der Waals surface area contributed by atoms with Crippen molar-refractivity contribution >= 4 is 11.6 Å². The molecular weight excluding hydrogens is 328 g/mol. The van der Waals surface area contributed by atoms with Gasteiger partial charge in [-0.3, -0.25) is 9.59 Å². The third kappa shape index (κ3) is 3.54. The lowest BCUT2D eigenvalue weighted by Gasteiger charge is -2.32. The average Bonchev–Trinajstić information content (AvgIpc) is 2.45. The third-order valence-electron chi connectivity index (χ3n) is 3.61. The summed E-state index contributed by atoms with van der Waals surface area (Å²) in [7, 11) is 0. The maximum Gasteiger partial charge on any atom is 0.450 e. The molecule has 1 N–H and O–H groups in total. The molecule has 1 aliphatic heterocycles. The number of hydrogen-bond donors (Lipinski definition) is 1. The van der Waals surface area contributed by atoms with Crippen LogP contribution in [0, 0.1) is 5.92 Å². The molecule has 2 rings (SSSR count). The quantitative estimate of drug-likeness (QED) is 0.680. The number of rotatable bonds is 3. The van der Waals surface area contributed by atoms with E-state index >= 15 is 0 Å². The van der Waals surface area contributed by atoms with Crippen LogP contribution in [0.15, 0.2) is 24.3 Å². The van der Waals surface area contributed by atoms with Crippen LogP contribution in [0.5, 0.6) is 0 Å². The fraction of sp³-hybridized carbons (Fsp3) is 0.429. The zero-order valence-corrected chi connectivity index (χ0v) is 11.5. The van der Waals surface area contributed by atoms with E-state index in [9.17, 15) is 35.9 Å². The molecule has 3 nitrogen and oxygen atoms in total. The van der Waals surface area contributed by atoms with Crippen molar-refractivity contribution in [2.45, 2.75) is 24.8 Å². The summed E-state index contributed by atoms with van der Waals surface area (Å²) >= 11 is 0. The standard InChI is InChI=1S/C14H11F6NO2/c15-13(16,17)11(22)9(12(23)14(18,19)20)10-8-4-2-1-3-7(8)5-6-21-10/h1-4,9-10,21H,5-6H2/t10-/m1/s1. The van der Waals surface area contributed by atoms with Crippen molar-refractivity contribution in [3.8, 4) is 0 Å². The van der Waals surface area contributed by atoms with E-state index in [2.05, 4.69) is 5.32 Å². The molecule has 1 heterocycles. The van der Waals surface area contributed by atoms with Gasteiger partial charge >= 0.3 is 12.4 Å². The minimum atomic E-state index is -5.54. The van der Waals surface area contributed by atoms with E-state index in [1.165, 1.54) is 18.2 Å². The molecule has 23 heavy (non-hydrogen) atoms. The van der Waals surface area contributed by atoms with Crippen molar-refractivity contribution in [3.05, 3.63) is 35.4 Å². The number of Topliss-reactive ketones (excluding diaryl/α,β-unsaturated/α-hetero) is 2. The van der Waals surface area contributed by atoms with Gasteiger partial charge < -0.3 is 5.32 Å². The van der Waals surface area contributed by atoms with Crippen molar-refractivity contribution in [2.75, 3.05) is 6.54 Å². The molecule has 1 atom stereocenters. The topological polar surface area (TPSA) is 46.2 Å². The molecule has 0 saturated heterocycles. The van der Waals surface area contributed by atoms with Gasteiger partial charge in [-0.15, -0.1) is 0 Å². The van der Waals surface area contributed by atoms with Crippen LogP contribution in [0.4, 0.5) is 26.3 Å². The molecule has 126 valence electrons. The first-order valence-electron chi connectivity index (χ1n) is 6.56. The van der Waals surface area contributed by atoms with Crippen molar-refractivity contribution in [3.63, 3.8) is 0 Å². The molecule has 0 radical (unpaired) electrons. The largest absolute Gasteiger partial charge is 0.450 e. The van der Waals surface area contributed by atoms with E-state index in [1.807, 2.05) is 0 Å². The van der Waals surface area contributed by atoms with Crippen LogP contribution in [0.1, 0.15) is 17.2 Å². The Kier molecular flexibility index (Phi) is 4.52. The zero-order chi connectivity index (χ0) is 17.4. The Balaban J connectivity index is 2.51. The summed E-state index contributed by atoms with van der Waals surface area (Å²) in [6, 6.07) is 4.19. The highest BCUT2D eigenvalue weighted by molar-refractivity contribution is 6.07. The molecule has 0 aromatic heterocycles. The van der Waals surface area contributed by atoms with Crippen LogP contribution >= 0.6 is 0 Å². The highest BCUT2D eigenvalue weighted by Gasteiger charge is 2.56. The lowest BCUT2D eigenvalue weighted by atomic mass is 9.81. The van der Waals surface area contributed by atoms with Crippen LogP contribution < -0.4 is 5.32 Å². The molecule has 0 bridgehead atoms. The fourth-order valence-corrected chi connectivity index (χ4v) is 2.61. The second-order valence-corrected chi connectivity index (χ2v) is 5.08. The third-order valence-corrected chi connectivity index (χ3v) is 3.61. The average molecular weight is 339 g/mol. The van der Waals surface area contributed by atoms with Crippen LogP contribution in [-0.2, 0) is 16.0 Å². The van der Waals surface area contributed by atoms with Crippen LogP contribution in [0.2, 0.25) is 0 Å². The van der Waals surface area contributed by atoms with Crippen LogP contribution in [0.3, 0.4) is 0 Å². The number of carbonyl (C=O) groups excluding carboxylic acids is 2. The van der Waals surface area contributed by atoms with Gasteiger partial charge in [-0.25, -0.2) is 0 Å². The minimum Gasteiger partial charge on any atom is -0.309 e. The summed E-state index contributed by atoms with van der Waals surface area (Å²) in [5.74, 6) is -8.29. The molecule has 9 heteroatoms. The molecular formula is C14H11F6NO2. The number of alkyl halides is 6. The number of hydrogen-bond acceptors (Lipinski definition) is 3. The Labute approximate surface area is 126 Å². The Hall–Kier alpha value is -1.90. The summed E-state index contributed by atoms with van der Waals surface area (Å²) in [5, 5.41) is 2.44. The van der Waals surface area contributed by atoms with Crippen LogP contribution in [0.25, 0.3) is 0 Å². The highest BCUT2D eigenvalue weighted by atomic mass is 19.4.